The number of benzene rings is 1. The van der Waals surface area contributed by atoms with E-state index in [2.05, 4.69) is 19.2 Å². The molecule has 1 unspecified atom stereocenters. The number of halogens is 1. The predicted molar refractivity (Wildman–Crippen MR) is 87.4 cm³/mol. The van der Waals surface area contributed by atoms with E-state index in [1.165, 1.54) is 4.90 Å². The van der Waals surface area contributed by atoms with Crippen LogP contribution in [0.2, 0.25) is 5.02 Å². The Balaban J connectivity index is 2.05. The first-order chi connectivity index (χ1) is 10.5. The van der Waals surface area contributed by atoms with Crippen LogP contribution in [0.25, 0.3) is 10.9 Å². The molecule has 0 bridgehead atoms. The molecule has 118 valence electrons. The molecule has 0 aliphatic carbocycles. The quantitative estimate of drug-likeness (QED) is 0.783. The van der Waals surface area contributed by atoms with Crippen molar-refractivity contribution in [3.05, 3.63) is 39.4 Å². The maximum absolute atomic E-state index is 12.6. The van der Waals surface area contributed by atoms with Gasteiger partial charge in [0.1, 0.15) is 31.7 Å². The fourth-order valence-electron chi connectivity index (χ4n) is 3.38. The third kappa shape index (κ3) is 2.76. The number of quaternary nitrogens is 2. The van der Waals surface area contributed by atoms with Gasteiger partial charge in [0.15, 0.2) is 5.82 Å². The SMILES string of the molecule is C[C@@H]1C[NH+]([C@@H](C)c2nc3ccc(Cl)cc3c(=O)n2C)CC[NH2+]1. The van der Waals surface area contributed by atoms with Crippen molar-refractivity contribution in [2.75, 3.05) is 19.6 Å². The van der Waals surface area contributed by atoms with Gasteiger partial charge in [-0.25, -0.2) is 4.98 Å². The van der Waals surface area contributed by atoms with E-state index in [1.807, 2.05) is 6.07 Å². The molecule has 6 heteroatoms. The van der Waals surface area contributed by atoms with E-state index in [9.17, 15) is 4.79 Å². The van der Waals surface area contributed by atoms with E-state index in [4.69, 9.17) is 16.6 Å². The van der Waals surface area contributed by atoms with Crippen LogP contribution in [-0.2, 0) is 7.05 Å². The van der Waals surface area contributed by atoms with E-state index in [-0.39, 0.29) is 11.6 Å². The van der Waals surface area contributed by atoms with Crippen LogP contribution in [0.5, 0.6) is 0 Å². The van der Waals surface area contributed by atoms with Crippen molar-refractivity contribution >= 4 is 22.5 Å². The van der Waals surface area contributed by atoms with Crippen LogP contribution < -0.4 is 15.8 Å². The maximum Gasteiger partial charge on any atom is 0.261 e. The van der Waals surface area contributed by atoms with E-state index < -0.39 is 0 Å². The standard InChI is InChI=1S/C16H21ClN4O/c1-10-9-21(7-6-18-10)11(2)15-19-14-5-4-12(17)8-13(14)16(22)20(15)3/h4-5,8,10-11,18H,6-7,9H2,1-3H3/p+2/t10-,11+/m1/s1. The van der Waals surface area contributed by atoms with Gasteiger partial charge in [-0.2, -0.15) is 0 Å². The average molecular weight is 323 g/mol. The highest BCUT2D eigenvalue weighted by atomic mass is 35.5. The summed E-state index contributed by atoms with van der Waals surface area (Å²) in [6.07, 6.45) is 0. The summed E-state index contributed by atoms with van der Waals surface area (Å²) in [6.45, 7) is 7.73. The van der Waals surface area contributed by atoms with Crippen molar-refractivity contribution in [1.29, 1.82) is 0 Å². The predicted octanol–water partition coefficient (Wildman–Crippen LogP) is -0.502. The first kappa shape index (κ1) is 15.5. The molecule has 0 amide bonds. The molecule has 5 nitrogen and oxygen atoms in total. The molecule has 3 atom stereocenters. The lowest BCUT2D eigenvalue weighted by atomic mass is 10.1. The summed E-state index contributed by atoms with van der Waals surface area (Å²) >= 11 is 6.00. The van der Waals surface area contributed by atoms with E-state index in [0.29, 0.717) is 16.5 Å². The van der Waals surface area contributed by atoms with Crippen LogP contribution in [0.3, 0.4) is 0 Å². The molecule has 3 N–H and O–H groups in total. The van der Waals surface area contributed by atoms with Gasteiger partial charge in [0.2, 0.25) is 0 Å². The van der Waals surface area contributed by atoms with Gasteiger partial charge in [-0.1, -0.05) is 11.6 Å². The van der Waals surface area contributed by atoms with Crippen LogP contribution in [0, 0.1) is 0 Å². The van der Waals surface area contributed by atoms with Crippen LogP contribution in [0.15, 0.2) is 23.0 Å². The number of nitrogens with zero attached hydrogens (tertiary/aromatic N) is 2. The molecule has 1 aliphatic heterocycles. The molecule has 0 saturated carbocycles. The Morgan fingerprint density at radius 1 is 1.50 bits per heavy atom. The summed E-state index contributed by atoms with van der Waals surface area (Å²) in [7, 11) is 1.81. The van der Waals surface area contributed by atoms with Crippen LogP contribution in [0.1, 0.15) is 25.7 Å². The Kier molecular flexibility index (Phi) is 4.21. The molecule has 1 aliphatic rings. The largest absolute Gasteiger partial charge is 0.335 e. The number of aromatic nitrogens is 2. The number of hydrogen-bond acceptors (Lipinski definition) is 2. The van der Waals surface area contributed by atoms with Gasteiger partial charge in [-0.3, -0.25) is 9.36 Å². The maximum atomic E-state index is 12.6. The van der Waals surface area contributed by atoms with Gasteiger partial charge in [-0.15, -0.1) is 0 Å². The second-order valence-electron chi connectivity index (χ2n) is 6.33. The Morgan fingerprint density at radius 2 is 2.27 bits per heavy atom. The Bertz CT molecular complexity index is 758. The zero-order valence-corrected chi connectivity index (χ0v) is 14.0. The van der Waals surface area contributed by atoms with Gasteiger partial charge >= 0.3 is 0 Å². The average Bonchev–Trinajstić information content (AvgIpc) is 2.50. The van der Waals surface area contributed by atoms with E-state index in [0.717, 1.165) is 31.0 Å². The molecule has 0 radical (unpaired) electrons. The smallest absolute Gasteiger partial charge is 0.261 e. The van der Waals surface area contributed by atoms with Crippen molar-refractivity contribution < 1.29 is 10.2 Å². The minimum atomic E-state index is -0.0228. The lowest BCUT2D eigenvalue weighted by Crippen LogP contribution is -3.22. The van der Waals surface area contributed by atoms with Crippen molar-refractivity contribution in [3.63, 3.8) is 0 Å². The number of hydrogen-bond donors (Lipinski definition) is 2. The number of piperazine rings is 1. The lowest BCUT2D eigenvalue weighted by molar-refractivity contribution is -0.979. The fraction of sp³-hybridized carbons (Fsp3) is 0.500. The number of nitrogens with one attached hydrogen (secondary N) is 1. The molecule has 3 rings (SSSR count). The number of fused-ring (bicyclic) bond motifs is 1. The van der Waals surface area contributed by atoms with Gasteiger partial charge < -0.3 is 10.2 Å². The molecule has 1 saturated heterocycles. The van der Waals surface area contributed by atoms with Crippen LogP contribution in [0.4, 0.5) is 0 Å². The van der Waals surface area contributed by atoms with Gasteiger partial charge in [0, 0.05) is 12.1 Å². The number of rotatable bonds is 2. The minimum Gasteiger partial charge on any atom is -0.335 e. The molecule has 22 heavy (non-hydrogen) atoms. The molecular formula is C16H23ClN4O+2. The third-order valence-electron chi connectivity index (χ3n) is 4.69. The molecule has 2 aromatic rings. The Morgan fingerprint density at radius 3 is 3.00 bits per heavy atom. The van der Waals surface area contributed by atoms with Gasteiger partial charge in [0.05, 0.1) is 10.9 Å². The second kappa shape index (κ2) is 5.99. The van der Waals surface area contributed by atoms with Gasteiger partial charge in [0.25, 0.3) is 5.56 Å². The van der Waals surface area contributed by atoms with Crippen molar-refractivity contribution in [1.82, 2.24) is 9.55 Å². The van der Waals surface area contributed by atoms with Crippen molar-refractivity contribution in [3.8, 4) is 0 Å². The first-order valence-corrected chi connectivity index (χ1v) is 8.19. The molecule has 1 fully saturated rings. The number of nitrogens with two attached hydrogens (primary N) is 1. The molecule has 2 heterocycles. The Labute approximate surface area is 134 Å². The highest BCUT2D eigenvalue weighted by molar-refractivity contribution is 6.31. The monoisotopic (exact) mass is 322 g/mol. The molecule has 1 aromatic heterocycles. The zero-order valence-electron chi connectivity index (χ0n) is 13.3. The van der Waals surface area contributed by atoms with Crippen molar-refractivity contribution in [2.24, 2.45) is 7.05 Å². The minimum absolute atomic E-state index is 0.0228. The van der Waals surface area contributed by atoms with Crippen LogP contribution >= 0.6 is 11.6 Å². The van der Waals surface area contributed by atoms with Crippen molar-refractivity contribution in [2.45, 2.75) is 25.9 Å². The summed E-state index contributed by atoms with van der Waals surface area (Å²) in [5.41, 5.74) is 0.704. The molecule has 0 spiro atoms. The second-order valence-corrected chi connectivity index (χ2v) is 6.77. The fourth-order valence-corrected chi connectivity index (χ4v) is 3.55. The lowest BCUT2D eigenvalue weighted by Gasteiger charge is -2.31. The third-order valence-corrected chi connectivity index (χ3v) is 4.93. The molecule has 1 aromatic carbocycles. The summed E-state index contributed by atoms with van der Waals surface area (Å²) in [4.78, 5) is 18.8. The van der Waals surface area contributed by atoms with E-state index in [1.54, 1.807) is 23.7 Å². The first-order valence-electron chi connectivity index (χ1n) is 7.81. The topological polar surface area (TPSA) is 55.9 Å². The van der Waals surface area contributed by atoms with Crippen LogP contribution in [-0.4, -0.2) is 35.2 Å². The Hall–Kier alpha value is -1.43. The van der Waals surface area contributed by atoms with E-state index >= 15 is 0 Å². The summed E-state index contributed by atoms with van der Waals surface area (Å²) < 4.78 is 1.68. The molecular weight excluding hydrogens is 300 g/mol. The zero-order chi connectivity index (χ0) is 15.9. The van der Waals surface area contributed by atoms with Gasteiger partial charge in [-0.05, 0) is 32.0 Å². The summed E-state index contributed by atoms with van der Waals surface area (Å²) in [5.74, 6) is 0.851. The highest BCUT2D eigenvalue weighted by Crippen LogP contribution is 2.16. The summed E-state index contributed by atoms with van der Waals surface area (Å²) in [6, 6.07) is 6.13. The highest BCUT2D eigenvalue weighted by Gasteiger charge is 2.30. The summed E-state index contributed by atoms with van der Waals surface area (Å²) in [5, 5.41) is 3.53. The normalized spacial score (nSPS) is 23.6.